The summed E-state index contributed by atoms with van der Waals surface area (Å²) in [6.45, 7) is 0.803. The summed E-state index contributed by atoms with van der Waals surface area (Å²) in [5.74, 6) is 0. The van der Waals surface area contributed by atoms with Crippen LogP contribution in [0.3, 0.4) is 0 Å². The molecule has 1 heterocycles. The SMILES string of the molecule is COCCCCC(N)c1ccc2ccccc2n1. The largest absolute Gasteiger partial charge is 0.385 e. The Balaban J connectivity index is 2.01. The van der Waals surface area contributed by atoms with E-state index in [1.54, 1.807) is 7.11 Å². The van der Waals surface area contributed by atoms with Gasteiger partial charge in [-0.15, -0.1) is 0 Å². The molecule has 0 aliphatic rings. The summed E-state index contributed by atoms with van der Waals surface area (Å²) in [5, 5.41) is 1.16. The molecule has 0 radical (unpaired) electrons. The molecule has 2 rings (SSSR count). The topological polar surface area (TPSA) is 48.1 Å². The van der Waals surface area contributed by atoms with Crippen LogP contribution >= 0.6 is 0 Å². The molecule has 0 fully saturated rings. The van der Waals surface area contributed by atoms with Crippen molar-refractivity contribution in [2.24, 2.45) is 5.73 Å². The van der Waals surface area contributed by atoms with E-state index in [0.717, 1.165) is 42.5 Å². The number of pyridine rings is 1. The number of nitrogens with two attached hydrogens (primary N) is 1. The summed E-state index contributed by atoms with van der Waals surface area (Å²) >= 11 is 0. The van der Waals surface area contributed by atoms with E-state index in [9.17, 15) is 0 Å². The molecule has 2 N–H and O–H groups in total. The highest BCUT2D eigenvalue weighted by molar-refractivity contribution is 5.78. The normalized spacial score (nSPS) is 12.8. The van der Waals surface area contributed by atoms with Crippen molar-refractivity contribution in [1.29, 1.82) is 0 Å². The zero-order valence-electron chi connectivity index (χ0n) is 10.8. The molecular formula is C15H20N2O. The zero-order chi connectivity index (χ0) is 12.8. The van der Waals surface area contributed by atoms with Crippen molar-refractivity contribution in [3.8, 4) is 0 Å². The first-order valence-corrected chi connectivity index (χ1v) is 6.41. The van der Waals surface area contributed by atoms with Gasteiger partial charge in [0.15, 0.2) is 0 Å². The number of unbranched alkanes of at least 4 members (excludes halogenated alkanes) is 1. The molecule has 0 amide bonds. The molecule has 1 aromatic heterocycles. The lowest BCUT2D eigenvalue weighted by atomic mass is 10.1. The Labute approximate surface area is 108 Å². The van der Waals surface area contributed by atoms with Crippen molar-refractivity contribution >= 4 is 10.9 Å². The third-order valence-corrected chi connectivity index (χ3v) is 3.11. The maximum Gasteiger partial charge on any atom is 0.0706 e. The van der Waals surface area contributed by atoms with Crippen LogP contribution in [0.4, 0.5) is 0 Å². The Morgan fingerprint density at radius 1 is 1.17 bits per heavy atom. The number of para-hydroxylation sites is 1. The maximum absolute atomic E-state index is 6.16. The van der Waals surface area contributed by atoms with Crippen LogP contribution in [0.2, 0.25) is 0 Å². The van der Waals surface area contributed by atoms with Crippen LogP contribution in [0.15, 0.2) is 36.4 Å². The van der Waals surface area contributed by atoms with Gasteiger partial charge in [-0.1, -0.05) is 24.3 Å². The molecule has 0 spiro atoms. The van der Waals surface area contributed by atoms with E-state index in [1.807, 2.05) is 24.3 Å². The predicted octanol–water partition coefficient (Wildman–Crippen LogP) is 3.05. The van der Waals surface area contributed by atoms with Gasteiger partial charge >= 0.3 is 0 Å². The Morgan fingerprint density at radius 3 is 2.83 bits per heavy atom. The molecule has 18 heavy (non-hydrogen) atoms. The van der Waals surface area contributed by atoms with Crippen LogP contribution in [0.5, 0.6) is 0 Å². The smallest absolute Gasteiger partial charge is 0.0706 e. The highest BCUT2D eigenvalue weighted by atomic mass is 16.5. The van der Waals surface area contributed by atoms with Gasteiger partial charge in [-0.05, 0) is 31.4 Å². The Bertz CT molecular complexity index is 499. The summed E-state index contributed by atoms with van der Waals surface area (Å²) in [7, 11) is 1.73. The molecular weight excluding hydrogens is 224 g/mol. The number of fused-ring (bicyclic) bond motifs is 1. The first-order valence-electron chi connectivity index (χ1n) is 6.41. The van der Waals surface area contributed by atoms with Crippen molar-refractivity contribution in [3.63, 3.8) is 0 Å². The van der Waals surface area contributed by atoms with E-state index in [-0.39, 0.29) is 6.04 Å². The van der Waals surface area contributed by atoms with Crippen LogP contribution in [-0.4, -0.2) is 18.7 Å². The van der Waals surface area contributed by atoms with Crippen molar-refractivity contribution < 1.29 is 4.74 Å². The van der Waals surface area contributed by atoms with Crippen molar-refractivity contribution in [3.05, 3.63) is 42.1 Å². The van der Waals surface area contributed by atoms with E-state index < -0.39 is 0 Å². The van der Waals surface area contributed by atoms with Gasteiger partial charge in [-0.25, -0.2) is 0 Å². The molecule has 1 aromatic carbocycles. The summed E-state index contributed by atoms with van der Waals surface area (Å²) in [6, 6.07) is 12.3. The molecule has 3 heteroatoms. The monoisotopic (exact) mass is 244 g/mol. The second-order valence-corrected chi connectivity index (χ2v) is 4.52. The number of hydrogen-bond acceptors (Lipinski definition) is 3. The third-order valence-electron chi connectivity index (χ3n) is 3.11. The minimum absolute atomic E-state index is 0.0199. The number of hydrogen-bond donors (Lipinski definition) is 1. The van der Waals surface area contributed by atoms with Gasteiger partial charge < -0.3 is 10.5 Å². The lowest BCUT2D eigenvalue weighted by Gasteiger charge is -2.11. The van der Waals surface area contributed by atoms with Crippen LogP contribution in [0.25, 0.3) is 10.9 Å². The number of methoxy groups -OCH3 is 1. The second-order valence-electron chi connectivity index (χ2n) is 4.52. The third kappa shape index (κ3) is 3.28. The molecule has 0 saturated heterocycles. The minimum atomic E-state index is 0.0199. The second kappa shape index (κ2) is 6.47. The van der Waals surface area contributed by atoms with Crippen LogP contribution in [0, 0.1) is 0 Å². The average molecular weight is 244 g/mol. The van der Waals surface area contributed by atoms with Gasteiger partial charge in [-0.2, -0.15) is 0 Å². The number of nitrogens with zero attached hydrogens (tertiary/aromatic N) is 1. The van der Waals surface area contributed by atoms with Gasteiger partial charge in [0.25, 0.3) is 0 Å². The van der Waals surface area contributed by atoms with E-state index in [1.165, 1.54) is 0 Å². The van der Waals surface area contributed by atoms with Crippen LogP contribution < -0.4 is 5.73 Å². The van der Waals surface area contributed by atoms with Gasteiger partial charge in [0.2, 0.25) is 0 Å². The number of ether oxygens (including phenoxy) is 1. The van der Waals surface area contributed by atoms with Crippen molar-refractivity contribution in [2.45, 2.75) is 25.3 Å². The highest BCUT2D eigenvalue weighted by Crippen LogP contribution is 2.18. The predicted molar refractivity (Wildman–Crippen MR) is 74.4 cm³/mol. The lowest BCUT2D eigenvalue weighted by Crippen LogP contribution is -2.12. The molecule has 1 unspecified atom stereocenters. The number of aromatic nitrogens is 1. The molecule has 0 saturated carbocycles. The zero-order valence-corrected chi connectivity index (χ0v) is 10.8. The molecule has 0 aliphatic heterocycles. The van der Waals surface area contributed by atoms with Gasteiger partial charge in [0, 0.05) is 25.1 Å². The first kappa shape index (κ1) is 13.0. The number of rotatable bonds is 6. The summed E-state index contributed by atoms with van der Waals surface area (Å²) in [5.41, 5.74) is 8.16. The molecule has 3 nitrogen and oxygen atoms in total. The van der Waals surface area contributed by atoms with E-state index in [2.05, 4.69) is 17.1 Å². The Kier molecular flexibility index (Phi) is 4.67. The highest BCUT2D eigenvalue weighted by Gasteiger charge is 2.07. The molecule has 0 bridgehead atoms. The number of benzene rings is 1. The van der Waals surface area contributed by atoms with Gasteiger partial charge in [-0.3, -0.25) is 4.98 Å². The quantitative estimate of drug-likeness (QED) is 0.794. The van der Waals surface area contributed by atoms with Crippen molar-refractivity contribution in [2.75, 3.05) is 13.7 Å². The molecule has 96 valence electrons. The Hall–Kier alpha value is -1.45. The van der Waals surface area contributed by atoms with E-state index in [0.29, 0.717) is 0 Å². The van der Waals surface area contributed by atoms with Crippen LogP contribution in [-0.2, 0) is 4.74 Å². The average Bonchev–Trinajstić information content (AvgIpc) is 2.43. The molecule has 2 aromatic rings. The van der Waals surface area contributed by atoms with Gasteiger partial charge in [0.1, 0.15) is 0 Å². The van der Waals surface area contributed by atoms with E-state index >= 15 is 0 Å². The van der Waals surface area contributed by atoms with Crippen LogP contribution in [0.1, 0.15) is 31.0 Å². The standard InChI is InChI=1S/C15H20N2O/c1-18-11-5-4-7-13(16)15-10-9-12-6-2-3-8-14(12)17-15/h2-3,6,8-10,13H,4-5,7,11,16H2,1H3. The summed E-state index contributed by atoms with van der Waals surface area (Å²) in [4.78, 5) is 4.62. The van der Waals surface area contributed by atoms with Crippen molar-refractivity contribution in [1.82, 2.24) is 4.98 Å². The molecule has 0 aliphatic carbocycles. The van der Waals surface area contributed by atoms with Gasteiger partial charge in [0.05, 0.1) is 11.2 Å². The fraction of sp³-hybridized carbons (Fsp3) is 0.400. The lowest BCUT2D eigenvalue weighted by molar-refractivity contribution is 0.191. The maximum atomic E-state index is 6.16. The first-order chi connectivity index (χ1) is 8.81. The Morgan fingerprint density at radius 2 is 2.00 bits per heavy atom. The summed E-state index contributed by atoms with van der Waals surface area (Å²) < 4.78 is 5.03. The molecule has 1 atom stereocenters. The minimum Gasteiger partial charge on any atom is -0.385 e. The van der Waals surface area contributed by atoms with E-state index in [4.69, 9.17) is 10.5 Å². The summed E-state index contributed by atoms with van der Waals surface area (Å²) in [6.07, 6.45) is 3.08. The fourth-order valence-electron chi connectivity index (χ4n) is 2.05. The fourth-order valence-corrected chi connectivity index (χ4v) is 2.05.